The minimum Gasteiger partial charge on any atom is -0.477 e. The highest BCUT2D eigenvalue weighted by Gasteiger charge is 2.17. The van der Waals surface area contributed by atoms with Crippen LogP contribution >= 0.6 is 0 Å². The summed E-state index contributed by atoms with van der Waals surface area (Å²) in [6.45, 7) is 3.44. The van der Waals surface area contributed by atoms with Crippen molar-refractivity contribution in [2.75, 3.05) is 0 Å². The summed E-state index contributed by atoms with van der Waals surface area (Å²) >= 11 is 0. The molecule has 1 N–H and O–H groups in total. The molecular weight excluding hydrogens is 310 g/mol. The van der Waals surface area contributed by atoms with Gasteiger partial charge in [-0.2, -0.15) is 4.80 Å². The number of carboxylic acid groups (broad SMARTS) is 1. The number of nitrogens with zero attached hydrogens (tertiary/aromatic N) is 5. The number of tetrazole rings is 1. The third kappa shape index (κ3) is 2.58. The monoisotopic (exact) mass is 325 g/mol. The number of benzene rings is 1. The molecule has 8 heteroatoms. The molecule has 0 saturated heterocycles. The van der Waals surface area contributed by atoms with Gasteiger partial charge in [-0.3, -0.25) is 9.36 Å². The predicted octanol–water partition coefficient (Wildman–Crippen LogP) is 1.34. The Hall–Kier alpha value is -3.29. The molecule has 1 aromatic carbocycles. The minimum absolute atomic E-state index is 0.236. The molecule has 24 heavy (non-hydrogen) atoms. The summed E-state index contributed by atoms with van der Waals surface area (Å²) in [6, 6.07) is 7.01. The predicted molar refractivity (Wildman–Crippen MR) is 86.3 cm³/mol. The fourth-order valence-corrected chi connectivity index (χ4v) is 2.48. The Morgan fingerprint density at radius 1 is 1.17 bits per heavy atom. The zero-order valence-corrected chi connectivity index (χ0v) is 13.4. The fraction of sp³-hybridized carbons (Fsp3) is 0.188. The molecule has 2 heterocycles. The number of carbonyl (C=O) groups is 1. The average molecular weight is 325 g/mol. The third-order valence-corrected chi connectivity index (χ3v) is 3.75. The topological polar surface area (TPSA) is 103 Å². The lowest BCUT2D eigenvalue weighted by molar-refractivity contribution is 0.0693. The lowest BCUT2D eigenvalue weighted by atomic mass is 10.1. The number of hydrogen-bond donors (Lipinski definition) is 1. The summed E-state index contributed by atoms with van der Waals surface area (Å²) in [7, 11) is 1.66. The van der Waals surface area contributed by atoms with Crippen LogP contribution in [0.3, 0.4) is 0 Å². The van der Waals surface area contributed by atoms with Gasteiger partial charge in [0.1, 0.15) is 5.56 Å². The Morgan fingerprint density at radius 2 is 1.92 bits per heavy atom. The van der Waals surface area contributed by atoms with E-state index in [1.807, 2.05) is 19.1 Å². The average Bonchev–Trinajstić information content (AvgIpc) is 2.95. The first-order valence-electron chi connectivity index (χ1n) is 7.19. The number of hydrogen-bond acceptors (Lipinski definition) is 5. The Kier molecular flexibility index (Phi) is 3.72. The molecule has 0 amide bonds. The second kappa shape index (κ2) is 5.73. The van der Waals surface area contributed by atoms with Gasteiger partial charge in [-0.15, -0.1) is 10.2 Å². The number of pyridine rings is 1. The van der Waals surface area contributed by atoms with Crippen LogP contribution in [0.2, 0.25) is 0 Å². The SMILES string of the molecule is Cc1ccc(-c2nnn(C)n2)cc1-n1ccc(C)c(C(=O)O)c1=O. The molecule has 0 aliphatic rings. The van der Waals surface area contributed by atoms with Crippen LogP contribution in [0.1, 0.15) is 21.5 Å². The van der Waals surface area contributed by atoms with Gasteiger partial charge in [0.2, 0.25) is 5.82 Å². The molecule has 2 aromatic heterocycles. The van der Waals surface area contributed by atoms with Gasteiger partial charge in [0.25, 0.3) is 5.56 Å². The van der Waals surface area contributed by atoms with E-state index in [1.165, 1.54) is 9.36 Å². The molecule has 122 valence electrons. The van der Waals surface area contributed by atoms with Gasteiger partial charge in [-0.05, 0) is 42.3 Å². The van der Waals surface area contributed by atoms with Crippen molar-refractivity contribution in [3.05, 3.63) is 57.5 Å². The van der Waals surface area contributed by atoms with Gasteiger partial charge in [-0.1, -0.05) is 12.1 Å². The second-order valence-electron chi connectivity index (χ2n) is 5.46. The summed E-state index contributed by atoms with van der Waals surface area (Å²) < 4.78 is 1.33. The number of rotatable bonds is 3. The molecule has 0 spiro atoms. The first kappa shape index (κ1) is 15.6. The van der Waals surface area contributed by atoms with Gasteiger partial charge >= 0.3 is 5.97 Å². The molecule has 0 atom stereocenters. The first-order chi connectivity index (χ1) is 11.4. The van der Waals surface area contributed by atoms with Crippen LogP contribution in [0.15, 0.2) is 35.3 Å². The molecule has 0 aliphatic carbocycles. The van der Waals surface area contributed by atoms with Crippen LogP contribution in [-0.4, -0.2) is 35.9 Å². The molecule has 0 radical (unpaired) electrons. The Balaban J connectivity index is 2.22. The smallest absolute Gasteiger partial charge is 0.341 e. The van der Waals surface area contributed by atoms with Crippen molar-refractivity contribution in [2.45, 2.75) is 13.8 Å². The van der Waals surface area contributed by atoms with Gasteiger partial charge in [0.15, 0.2) is 0 Å². The Bertz CT molecular complexity index is 1000. The van der Waals surface area contributed by atoms with Crippen molar-refractivity contribution in [1.29, 1.82) is 0 Å². The number of aromatic nitrogens is 5. The largest absolute Gasteiger partial charge is 0.477 e. The number of carboxylic acids is 1. The van der Waals surface area contributed by atoms with Gasteiger partial charge in [0, 0.05) is 11.8 Å². The standard InChI is InChI=1S/C16H15N5O3/c1-9-4-5-11(14-17-19-20(3)18-14)8-12(9)21-7-6-10(2)13(15(21)22)16(23)24/h4-8H,1-3H3,(H,23,24). The highest BCUT2D eigenvalue weighted by atomic mass is 16.4. The first-order valence-corrected chi connectivity index (χ1v) is 7.19. The molecule has 0 aliphatic heterocycles. The summed E-state index contributed by atoms with van der Waals surface area (Å²) in [6.07, 6.45) is 1.57. The zero-order valence-electron chi connectivity index (χ0n) is 13.4. The fourth-order valence-electron chi connectivity index (χ4n) is 2.48. The molecule has 0 bridgehead atoms. The summed E-state index contributed by atoms with van der Waals surface area (Å²) in [5.41, 5.74) is 1.70. The maximum atomic E-state index is 12.6. The van der Waals surface area contributed by atoms with Gasteiger partial charge in [-0.25, -0.2) is 4.79 Å². The number of aromatic carboxylic acids is 1. The highest BCUT2D eigenvalue weighted by Crippen LogP contribution is 2.21. The number of aryl methyl sites for hydroxylation is 3. The lowest BCUT2D eigenvalue weighted by Gasteiger charge is -2.12. The van der Waals surface area contributed by atoms with E-state index in [4.69, 9.17) is 0 Å². The van der Waals surface area contributed by atoms with Crippen molar-refractivity contribution in [2.24, 2.45) is 7.05 Å². The molecule has 0 unspecified atom stereocenters. The minimum atomic E-state index is -1.24. The van der Waals surface area contributed by atoms with Crippen molar-refractivity contribution in [1.82, 2.24) is 24.8 Å². The molecule has 0 saturated carbocycles. The van der Waals surface area contributed by atoms with E-state index in [2.05, 4.69) is 15.4 Å². The van der Waals surface area contributed by atoms with Crippen LogP contribution in [0.4, 0.5) is 0 Å². The van der Waals surface area contributed by atoms with E-state index in [-0.39, 0.29) is 5.56 Å². The highest BCUT2D eigenvalue weighted by molar-refractivity contribution is 5.88. The van der Waals surface area contributed by atoms with Crippen LogP contribution in [0, 0.1) is 13.8 Å². The quantitative estimate of drug-likeness (QED) is 0.779. The summed E-state index contributed by atoms with van der Waals surface area (Å²) in [4.78, 5) is 25.3. The maximum Gasteiger partial charge on any atom is 0.341 e. The lowest BCUT2D eigenvalue weighted by Crippen LogP contribution is -2.26. The van der Waals surface area contributed by atoms with Crippen molar-refractivity contribution in [3.8, 4) is 17.1 Å². The Labute approximate surface area is 137 Å². The van der Waals surface area contributed by atoms with E-state index in [0.717, 1.165) is 5.56 Å². The van der Waals surface area contributed by atoms with Crippen molar-refractivity contribution >= 4 is 5.97 Å². The Morgan fingerprint density at radius 3 is 2.54 bits per heavy atom. The third-order valence-electron chi connectivity index (χ3n) is 3.75. The summed E-state index contributed by atoms with van der Waals surface area (Å²) in [5.74, 6) is -0.811. The molecular formula is C16H15N5O3. The van der Waals surface area contributed by atoms with E-state index < -0.39 is 11.5 Å². The van der Waals surface area contributed by atoms with E-state index in [1.54, 1.807) is 32.3 Å². The molecule has 0 fully saturated rings. The van der Waals surface area contributed by atoms with E-state index in [0.29, 0.717) is 22.6 Å². The zero-order chi connectivity index (χ0) is 17.4. The maximum absolute atomic E-state index is 12.6. The molecule has 3 rings (SSSR count). The van der Waals surface area contributed by atoms with Crippen molar-refractivity contribution < 1.29 is 9.90 Å². The van der Waals surface area contributed by atoms with Gasteiger partial charge in [0.05, 0.1) is 12.7 Å². The molecule has 3 aromatic rings. The second-order valence-corrected chi connectivity index (χ2v) is 5.46. The van der Waals surface area contributed by atoms with Crippen LogP contribution in [0.5, 0.6) is 0 Å². The van der Waals surface area contributed by atoms with Crippen LogP contribution < -0.4 is 5.56 Å². The van der Waals surface area contributed by atoms with Crippen LogP contribution in [0.25, 0.3) is 17.1 Å². The van der Waals surface area contributed by atoms with Crippen LogP contribution in [-0.2, 0) is 7.05 Å². The van der Waals surface area contributed by atoms with Gasteiger partial charge < -0.3 is 5.11 Å². The van der Waals surface area contributed by atoms with E-state index >= 15 is 0 Å². The normalized spacial score (nSPS) is 10.8. The summed E-state index contributed by atoms with van der Waals surface area (Å²) in [5, 5.41) is 21.2. The van der Waals surface area contributed by atoms with E-state index in [9.17, 15) is 14.7 Å². The molecule has 8 nitrogen and oxygen atoms in total. The van der Waals surface area contributed by atoms with Crippen molar-refractivity contribution in [3.63, 3.8) is 0 Å².